The van der Waals surface area contributed by atoms with E-state index in [1.807, 2.05) is 0 Å². The summed E-state index contributed by atoms with van der Waals surface area (Å²) in [4.78, 5) is 2.66. The van der Waals surface area contributed by atoms with Crippen LogP contribution in [0.5, 0.6) is 0 Å². The minimum absolute atomic E-state index is 0.497. The van der Waals surface area contributed by atoms with E-state index in [9.17, 15) is 0 Å². The Bertz CT molecular complexity index is 421. The predicted octanol–water partition coefficient (Wildman–Crippen LogP) is 4.22. The van der Waals surface area contributed by atoms with Crippen LogP contribution in [0, 0.1) is 13.8 Å². The van der Waals surface area contributed by atoms with Crippen molar-refractivity contribution in [3.05, 3.63) is 34.9 Å². The van der Waals surface area contributed by atoms with Crippen LogP contribution in [0.2, 0.25) is 0 Å². The molecule has 1 fully saturated rings. The maximum Gasteiger partial charge on any atom is 0.0332 e. The van der Waals surface area contributed by atoms with Gasteiger partial charge in [0.2, 0.25) is 0 Å². The molecule has 2 nitrogen and oxygen atoms in total. The van der Waals surface area contributed by atoms with Crippen LogP contribution < -0.4 is 5.32 Å². The van der Waals surface area contributed by atoms with Gasteiger partial charge in [0.1, 0.15) is 0 Å². The van der Waals surface area contributed by atoms with E-state index in [0.29, 0.717) is 6.04 Å². The molecule has 0 bridgehead atoms. The summed E-state index contributed by atoms with van der Waals surface area (Å²) in [6.07, 6.45) is 5.16. The number of likely N-dealkylation sites (tertiary alicyclic amines) is 1. The summed E-state index contributed by atoms with van der Waals surface area (Å²) in [6.45, 7) is 12.6. The van der Waals surface area contributed by atoms with Gasteiger partial charge in [-0.25, -0.2) is 0 Å². The van der Waals surface area contributed by atoms with Crippen molar-refractivity contribution in [3.8, 4) is 0 Å². The van der Waals surface area contributed by atoms with Gasteiger partial charge in [0, 0.05) is 18.6 Å². The van der Waals surface area contributed by atoms with Gasteiger partial charge >= 0.3 is 0 Å². The Morgan fingerprint density at radius 3 is 2.52 bits per heavy atom. The van der Waals surface area contributed by atoms with E-state index < -0.39 is 0 Å². The highest BCUT2D eigenvalue weighted by atomic mass is 15.2. The van der Waals surface area contributed by atoms with Gasteiger partial charge in [-0.15, -0.1) is 0 Å². The van der Waals surface area contributed by atoms with Gasteiger partial charge in [0.15, 0.2) is 0 Å². The molecule has 2 unspecified atom stereocenters. The number of aryl methyl sites for hydroxylation is 2. The van der Waals surface area contributed by atoms with Crippen LogP contribution in [-0.4, -0.2) is 30.6 Å². The van der Waals surface area contributed by atoms with Crippen molar-refractivity contribution < 1.29 is 0 Å². The lowest BCUT2D eigenvalue weighted by atomic mass is 9.98. The van der Waals surface area contributed by atoms with Gasteiger partial charge < -0.3 is 10.2 Å². The molecule has 0 aromatic heterocycles. The first-order valence-electron chi connectivity index (χ1n) is 8.65. The van der Waals surface area contributed by atoms with Gasteiger partial charge in [0.05, 0.1) is 0 Å². The van der Waals surface area contributed by atoms with Gasteiger partial charge in [-0.1, -0.05) is 36.2 Å². The lowest BCUT2D eigenvalue weighted by Crippen LogP contribution is -2.32. The fourth-order valence-electron chi connectivity index (χ4n) is 3.54. The molecule has 1 saturated heterocycles. The van der Waals surface area contributed by atoms with E-state index in [0.717, 1.165) is 12.6 Å². The molecule has 1 N–H and O–H groups in total. The first-order chi connectivity index (χ1) is 10.1. The van der Waals surface area contributed by atoms with Gasteiger partial charge in [-0.3, -0.25) is 0 Å². The largest absolute Gasteiger partial charge is 0.310 e. The lowest BCUT2D eigenvalue weighted by Gasteiger charge is -2.26. The third kappa shape index (κ3) is 4.82. The van der Waals surface area contributed by atoms with Crippen molar-refractivity contribution in [2.45, 2.75) is 65.5 Å². The zero-order valence-electron chi connectivity index (χ0n) is 14.3. The molecule has 1 aromatic carbocycles. The number of nitrogens with zero attached hydrogens (tertiary/aromatic N) is 1. The van der Waals surface area contributed by atoms with Crippen molar-refractivity contribution in [2.24, 2.45) is 0 Å². The van der Waals surface area contributed by atoms with Crippen molar-refractivity contribution >= 4 is 0 Å². The van der Waals surface area contributed by atoms with E-state index in [1.54, 1.807) is 0 Å². The minimum Gasteiger partial charge on any atom is -0.310 e. The van der Waals surface area contributed by atoms with E-state index >= 15 is 0 Å². The fraction of sp³-hybridized carbons (Fsp3) is 0.684. The van der Waals surface area contributed by atoms with Crippen LogP contribution in [0.4, 0.5) is 0 Å². The van der Waals surface area contributed by atoms with Crippen molar-refractivity contribution in [1.29, 1.82) is 0 Å². The van der Waals surface area contributed by atoms with Crippen LogP contribution in [0.1, 0.15) is 62.3 Å². The molecule has 2 rings (SSSR count). The molecule has 21 heavy (non-hydrogen) atoms. The second kappa shape index (κ2) is 7.95. The van der Waals surface area contributed by atoms with Crippen LogP contribution in [-0.2, 0) is 0 Å². The molecule has 0 radical (unpaired) electrons. The van der Waals surface area contributed by atoms with Gasteiger partial charge in [0.25, 0.3) is 0 Å². The number of hydrogen-bond donors (Lipinski definition) is 1. The highest BCUT2D eigenvalue weighted by Gasteiger charge is 2.21. The molecule has 1 heterocycles. The number of benzene rings is 1. The third-order valence-electron chi connectivity index (χ3n) is 4.68. The molecule has 1 aliphatic rings. The monoisotopic (exact) mass is 288 g/mol. The minimum atomic E-state index is 0.497. The van der Waals surface area contributed by atoms with E-state index in [-0.39, 0.29) is 0 Å². The quantitative estimate of drug-likeness (QED) is 0.808. The predicted molar refractivity (Wildman–Crippen MR) is 91.8 cm³/mol. The summed E-state index contributed by atoms with van der Waals surface area (Å²) in [5.74, 6) is 0. The Kier molecular flexibility index (Phi) is 6.25. The first-order valence-corrected chi connectivity index (χ1v) is 8.65. The second-order valence-corrected chi connectivity index (χ2v) is 6.74. The molecule has 2 atom stereocenters. The van der Waals surface area contributed by atoms with Crippen molar-refractivity contribution in [3.63, 3.8) is 0 Å². The Labute approximate surface area is 130 Å². The molecule has 0 aliphatic carbocycles. The maximum absolute atomic E-state index is 3.75. The molecule has 118 valence electrons. The molecule has 0 spiro atoms. The normalized spacial score (nSPS) is 20.9. The average molecular weight is 288 g/mol. The van der Waals surface area contributed by atoms with E-state index in [4.69, 9.17) is 0 Å². The van der Waals surface area contributed by atoms with Crippen LogP contribution in [0.3, 0.4) is 0 Å². The van der Waals surface area contributed by atoms with Crippen molar-refractivity contribution in [2.75, 3.05) is 19.6 Å². The molecular weight excluding hydrogens is 256 g/mol. The topological polar surface area (TPSA) is 15.3 Å². The summed E-state index contributed by atoms with van der Waals surface area (Å²) in [5.41, 5.74) is 4.22. The fourth-order valence-corrected chi connectivity index (χ4v) is 3.54. The zero-order valence-corrected chi connectivity index (χ0v) is 14.3. The molecular formula is C19H32N2. The Balaban J connectivity index is 2.02. The van der Waals surface area contributed by atoms with E-state index in [1.165, 1.54) is 55.5 Å². The molecule has 1 aromatic rings. The van der Waals surface area contributed by atoms with Crippen LogP contribution >= 0.6 is 0 Å². The summed E-state index contributed by atoms with van der Waals surface area (Å²) < 4.78 is 0. The average Bonchev–Trinajstić information content (AvgIpc) is 2.83. The summed E-state index contributed by atoms with van der Waals surface area (Å²) in [7, 11) is 0. The molecule has 0 amide bonds. The van der Waals surface area contributed by atoms with Crippen LogP contribution in [0.25, 0.3) is 0 Å². The SMILES string of the molecule is CCCNC(CCN1CCCC1C)c1cc(C)cc(C)c1. The Hall–Kier alpha value is -0.860. The maximum atomic E-state index is 3.75. The molecule has 2 heteroatoms. The number of rotatable bonds is 7. The Morgan fingerprint density at radius 2 is 1.95 bits per heavy atom. The number of hydrogen-bond acceptors (Lipinski definition) is 2. The molecule has 1 aliphatic heterocycles. The third-order valence-corrected chi connectivity index (χ3v) is 4.68. The summed E-state index contributed by atoms with van der Waals surface area (Å²) in [5, 5.41) is 3.75. The number of nitrogens with one attached hydrogen (secondary N) is 1. The van der Waals surface area contributed by atoms with Gasteiger partial charge in [-0.2, -0.15) is 0 Å². The second-order valence-electron chi connectivity index (χ2n) is 6.74. The summed E-state index contributed by atoms with van der Waals surface area (Å²) >= 11 is 0. The highest BCUT2D eigenvalue weighted by Crippen LogP contribution is 2.23. The standard InChI is InChI=1S/C19H32N2/c1-5-9-20-19(8-11-21-10-6-7-17(21)4)18-13-15(2)12-16(3)14-18/h12-14,17,19-20H,5-11H2,1-4H3. The molecule has 0 saturated carbocycles. The van der Waals surface area contributed by atoms with Crippen molar-refractivity contribution in [1.82, 2.24) is 10.2 Å². The lowest BCUT2D eigenvalue weighted by molar-refractivity contribution is 0.251. The first kappa shape index (κ1) is 16.5. The highest BCUT2D eigenvalue weighted by molar-refractivity contribution is 5.30. The Morgan fingerprint density at radius 1 is 1.24 bits per heavy atom. The van der Waals surface area contributed by atoms with E-state index in [2.05, 4.69) is 56.1 Å². The van der Waals surface area contributed by atoms with Crippen LogP contribution in [0.15, 0.2) is 18.2 Å². The summed E-state index contributed by atoms with van der Waals surface area (Å²) in [6, 6.07) is 8.25. The zero-order chi connectivity index (χ0) is 15.2. The smallest absolute Gasteiger partial charge is 0.0332 e. The van der Waals surface area contributed by atoms with Gasteiger partial charge in [-0.05, 0) is 65.1 Å².